The van der Waals surface area contributed by atoms with Crippen molar-refractivity contribution in [3.8, 4) is 11.5 Å². The highest BCUT2D eigenvalue weighted by Gasteiger charge is 2.14. The fourth-order valence-corrected chi connectivity index (χ4v) is 2.58. The Bertz CT molecular complexity index is 438. The van der Waals surface area contributed by atoms with Crippen molar-refractivity contribution >= 4 is 15.9 Å². The summed E-state index contributed by atoms with van der Waals surface area (Å²) in [6.45, 7) is 7.71. The molecule has 0 aliphatic heterocycles. The summed E-state index contributed by atoms with van der Waals surface area (Å²) >= 11 is 3.54. The Morgan fingerprint density at radius 2 is 2.05 bits per heavy atom. The molecule has 120 valence electrons. The lowest BCUT2D eigenvalue weighted by Gasteiger charge is -2.20. The van der Waals surface area contributed by atoms with E-state index in [1.54, 1.807) is 7.11 Å². The number of methoxy groups -OCH3 is 1. The molecular weight excluding hydrogens is 334 g/mol. The highest BCUT2D eigenvalue weighted by atomic mass is 79.9. The molecule has 0 spiro atoms. The Morgan fingerprint density at radius 3 is 2.57 bits per heavy atom. The van der Waals surface area contributed by atoms with Gasteiger partial charge in [0, 0.05) is 12.6 Å². The number of benzene rings is 1. The molecule has 21 heavy (non-hydrogen) atoms. The minimum Gasteiger partial charge on any atom is -0.493 e. The lowest BCUT2D eigenvalue weighted by Crippen LogP contribution is -2.36. The van der Waals surface area contributed by atoms with Crippen LogP contribution in [0.5, 0.6) is 11.5 Å². The van der Waals surface area contributed by atoms with Crippen molar-refractivity contribution in [1.82, 2.24) is 5.32 Å². The first kappa shape index (κ1) is 18.3. The van der Waals surface area contributed by atoms with E-state index < -0.39 is 0 Å². The standard InChI is InChI=1S/C16H26BrNO3/c1-5-6-21-16-13(17)7-12(8-15(16)20-4)9-18-14(10-19)11(2)3/h7-8,11,14,18-19H,5-6,9-10H2,1-4H3/t14-/m1/s1. The highest BCUT2D eigenvalue weighted by Crippen LogP contribution is 2.36. The summed E-state index contributed by atoms with van der Waals surface area (Å²) < 4.78 is 12.0. The molecule has 0 aromatic heterocycles. The minimum atomic E-state index is 0.0887. The van der Waals surface area contributed by atoms with E-state index in [2.05, 4.69) is 42.0 Å². The number of rotatable bonds is 9. The van der Waals surface area contributed by atoms with Gasteiger partial charge in [0.15, 0.2) is 11.5 Å². The monoisotopic (exact) mass is 359 g/mol. The molecule has 0 aliphatic carbocycles. The Morgan fingerprint density at radius 1 is 1.33 bits per heavy atom. The van der Waals surface area contributed by atoms with E-state index in [4.69, 9.17) is 9.47 Å². The summed E-state index contributed by atoms with van der Waals surface area (Å²) in [5, 5.41) is 12.7. The molecule has 0 unspecified atom stereocenters. The van der Waals surface area contributed by atoms with Crippen LogP contribution in [0.1, 0.15) is 32.8 Å². The summed E-state index contributed by atoms with van der Waals surface area (Å²) in [7, 11) is 1.64. The number of aliphatic hydroxyl groups is 1. The zero-order valence-corrected chi connectivity index (χ0v) is 14.9. The van der Waals surface area contributed by atoms with Gasteiger partial charge in [-0.05, 0) is 46.0 Å². The first-order valence-corrected chi connectivity index (χ1v) is 8.16. The van der Waals surface area contributed by atoms with E-state index in [0.717, 1.165) is 28.0 Å². The summed E-state index contributed by atoms with van der Waals surface area (Å²) in [6, 6.07) is 4.08. The van der Waals surface area contributed by atoms with E-state index in [-0.39, 0.29) is 12.6 Å². The predicted molar refractivity (Wildman–Crippen MR) is 89.0 cm³/mol. The van der Waals surface area contributed by atoms with Crippen molar-refractivity contribution in [3.63, 3.8) is 0 Å². The third-order valence-corrected chi connectivity index (χ3v) is 3.90. The normalized spacial score (nSPS) is 12.5. The van der Waals surface area contributed by atoms with Gasteiger partial charge in [0.05, 0.1) is 24.8 Å². The van der Waals surface area contributed by atoms with Crippen molar-refractivity contribution < 1.29 is 14.6 Å². The van der Waals surface area contributed by atoms with Crippen molar-refractivity contribution in [2.45, 2.75) is 39.8 Å². The van der Waals surface area contributed by atoms with Crippen molar-refractivity contribution in [2.24, 2.45) is 5.92 Å². The first-order valence-electron chi connectivity index (χ1n) is 7.36. The molecule has 0 saturated heterocycles. The second-order valence-electron chi connectivity index (χ2n) is 5.37. The van der Waals surface area contributed by atoms with Crippen LogP contribution >= 0.6 is 15.9 Å². The Labute approximate surface area is 136 Å². The molecule has 4 nitrogen and oxygen atoms in total. The van der Waals surface area contributed by atoms with Crippen LogP contribution in [0.4, 0.5) is 0 Å². The third-order valence-electron chi connectivity index (χ3n) is 3.31. The molecule has 1 atom stereocenters. The maximum Gasteiger partial charge on any atom is 0.175 e. The van der Waals surface area contributed by atoms with E-state index >= 15 is 0 Å². The number of aliphatic hydroxyl groups excluding tert-OH is 1. The van der Waals surface area contributed by atoms with Gasteiger partial charge >= 0.3 is 0 Å². The molecule has 1 rings (SSSR count). The molecule has 0 amide bonds. The van der Waals surface area contributed by atoms with Gasteiger partial charge in [-0.1, -0.05) is 20.8 Å². The number of hydrogen-bond donors (Lipinski definition) is 2. The summed E-state index contributed by atoms with van der Waals surface area (Å²) in [5.41, 5.74) is 1.08. The van der Waals surface area contributed by atoms with Gasteiger partial charge in [-0.3, -0.25) is 0 Å². The van der Waals surface area contributed by atoms with Gasteiger partial charge in [0.1, 0.15) is 0 Å². The molecule has 5 heteroatoms. The molecule has 1 aromatic rings. The fourth-order valence-electron chi connectivity index (χ4n) is 1.98. The summed E-state index contributed by atoms with van der Waals surface area (Å²) in [4.78, 5) is 0. The van der Waals surface area contributed by atoms with Crippen molar-refractivity contribution in [3.05, 3.63) is 22.2 Å². The lowest BCUT2D eigenvalue weighted by molar-refractivity contribution is 0.210. The van der Waals surface area contributed by atoms with Crippen LogP contribution in [0, 0.1) is 5.92 Å². The molecule has 0 saturated carbocycles. The molecule has 1 aromatic carbocycles. The van der Waals surface area contributed by atoms with E-state index in [0.29, 0.717) is 19.1 Å². The second-order valence-corrected chi connectivity index (χ2v) is 6.23. The molecular formula is C16H26BrNO3. The highest BCUT2D eigenvalue weighted by molar-refractivity contribution is 9.10. The van der Waals surface area contributed by atoms with Crippen LogP contribution in [0.2, 0.25) is 0 Å². The summed E-state index contributed by atoms with van der Waals surface area (Å²) in [5.74, 6) is 1.85. The minimum absolute atomic E-state index is 0.0887. The molecule has 0 heterocycles. The fraction of sp³-hybridized carbons (Fsp3) is 0.625. The lowest BCUT2D eigenvalue weighted by atomic mass is 10.0. The predicted octanol–water partition coefficient (Wildman–Crippen LogP) is 3.35. The van der Waals surface area contributed by atoms with Crippen LogP contribution in [-0.2, 0) is 6.54 Å². The van der Waals surface area contributed by atoms with Crippen LogP contribution in [0.25, 0.3) is 0 Å². The average Bonchev–Trinajstić information content (AvgIpc) is 2.45. The molecule has 0 fully saturated rings. The third kappa shape index (κ3) is 5.49. The molecule has 0 aliphatic rings. The first-order chi connectivity index (χ1) is 10.0. The maximum absolute atomic E-state index is 9.35. The van der Waals surface area contributed by atoms with Gasteiger partial charge in [-0.15, -0.1) is 0 Å². The largest absolute Gasteiger partial charge is 0.493 e. The maximum atomic E-state index is 9.35. The number of ether oxygens (including phenoxy) is 2. The van der Waals surface area contributed by atoms with Gasteiger partial charge in [0.2, 0.25) is 0 Å². The molecule has 0 radical (unpaired) electrons. The Hall–Kier alpha value is -0.780. The van der Waals surface area contributed by atoms with Crippen LogP contribution in [-0.4, -0.2) is 31.5 Å². The van der Waals surface area contributed by atoms with Gasteiger partial charge in [-0.25, -0.2) is 0 Å². The van der Waals surface area contributed by atoms with E-state index in [1.807, 2.05) is 12.1 Å². The zero-order valence-electron chi connectivity index (χ0n) is 13.3. The van der Waals surface area contributed by atoms with Crippen LogP contribution in [0.15, 0.2) is 16.6 Å². The summed E-state index contributed by atoms with van der Waals surface area (Å²) in [6.07, 6.45) is 0.950. The number of hydrogen-bond acceptors (Lipinski definition) is 4. The van der Waals surface area contributed by atoms with Gasteiger partial charge < -0.3 is 19.9 Å². The zero-order chi connectivity index (χ0) is 15.8. The van der Waals surface area contributed by atoms with Gasteiger partial charge in [-0.2, -0.15) is 0 Å². The average molecular weight is 360 g/mol. The van der Waals surface area contributed by atoms with E-state index in [1.165, 1.54) is 0 Å². The number of nitrogens with one attached hydrogen (secondary N) is 1. The second kappa shape index (κ2) is 9.28. The Kier molecular flexibility index (Phi) is 8.07. The Balaban J connectivity index is 2.82. The van der Waals surface area contributed by atoms with Crippen molar-refractivity contribution in [1.29, 1.82) is 0 Å². The van der Waals surface area contributed by atoms with Crippen molar-refractivity contribution in [2.75, 3.05) is 20.3 Å². The molecule has 2 N–H and O–H groups in total. The van der Waals surface area contributed by atoms with Crippen LogP contribution < -0.4 is 14.8 Å². The SMILES string of the molecule is CCCOc1c(Br)cc(CN[C@H](CO)C(C)C)cc1OC. The quantitative estimate of drug-likeness (QED) is 0.709. The number of halogens is 1. The molecule has 0 bridgehead atoms. The topological polar surface area (TPSA) is 50.7 Å². The van der Waals surface area contributed by atoms with E-state index in [9.17, 15) is 5.11 Å². The van der Waals surface area contributed by atoms with Crippen LogP contribution in [0.3, 0.4) is 0 Å². The van der Waals surface area contributed by atoms with Gasteiger partial charge in [0.25, 0.3) is 0 Å². The smallest absolute Gasteiger partial charge is 0.175 e.